The van der Waals surface area contributed by atoms with Crippen LogP contribution in [0.2, 0.25) is 0 Å². The van der Waals surface area contributed by atoms with Crippen molar-refractivity contribution in [3.8, 4) is 0 Å². The lowest BCUT2D eigenvalue weighted by molar-refractivity contribution is 0.252. The van der Waals surface area contributed by atoms with Gasteiger partial charge in [-0.25, -0.2) is 9.37 Å². The zero-order valence-corrected chi connectivity index (χ0v) is 14.2. The predicted molar refractivity (Wildman–Crippen MR) is 92.7 cm³/mol. The van der Waals surface area contributed by atoms with Gasteiger partial charge in [0.15, 0.2) is 0 Å². The third kappa shape index (κ3) is 2.44. The highest BCUT2D eigenvalue weighted by atomic mass is 19.1. The normalized spacial score (nSPS) is 27.0. The van der Waals surface area contributed by atoms with Crippen LogP contribution in [0.4, 0.5) is 4.39 Å². The average Bonchev–Trinajstić information content (AvgIpc) is 2.88. The molecular weight excluding hydrogens is 289 g/mol. The quantitative estimate of drug-likeness (QED) is 0.861. The summed E-state index contributed by atoms with van der Waals surface area (Å²) in [6.07, 6.45) is 7.04. The number of halogens is 1. The fourth-order valence-electron chi connectivity index (χ4n) is 4.54. The van der Waals surface area contributed by atoms with Crippen molar-refractivity contribution in [3.63, 3.8) is 0 Å². The molecule has 2 aromatic rings. The van der Waals surface area contributed by atoms with Crippen molar-refractivity contribution >= 4 is 11.0 Å². The highest BCUT2D eigenvalue weighted by Gasteiger charge is 2.44. The van der Waals surface area contributed by atoms with Gasteiger partial charge in [0.05, 0.1) is 11.0 Å². The van der Waals surface area contributed by atoms with Crippen LogP contribution in [0.3, 0.4) is 0 Å². The molecule has 1 aliphatic rings. The Morgan fingerprint density at radius 1 is 1.48 bits per heavy atom. The smallest absolute Gasteiger partial charge is 0.125 e. The van der Waals surface area contributed by atoms with Crippen molar-refractivity contribution in [2.75, 3.05) is 0 Å². The number of aromatic amines is 1. The molecule has 1 aliphatic carbocycles. The summed E-state index contributed by atoms with van der Waals surface area (Å²) in [6.45, 7) is 6.37. The Hall–Kier alpha value is -1.84. The molecule has 124 valence electrons. The second kappa shape index (κ2) is 5.99. The molecule has 1 aromatic carbocycles. The zero-order valence-electron chi connectivity index (χ0n) is 14.2. The van der Waals surface area contributed by atoms with E-state index in [1.807, 2.05) is 6.92 Å². The summed E-state index contributed by atoms with van der Waals surface area (Å²) in [4.78, 5) is 7.85. The fourth-order valence-corrected chi connectivity index (χ4v) is 4.54. The summed E-state index contributed by atoms with van der Waals surface area (Å²) in [5, 5.41) is 0. The van der Waals surface area contributed by atoms with Crippen LogP contribution < -0.4 is 5.73 Å². The Labute approximate surface area is 137 Å². The highest BCUT2D eigenvalue weighted by Crippen LogP contribution is 2.51. The van der Waals surface area contributed by atoms with Crippen LogP contribution >= 0.6 is 0 Å². The second-order valence-electron chi connectivity index (χ2n) is 6.88. The first-order valence-electron chi connectivity index (χ1n) is 8.60. The van der Waals surface area contributed by atoms with E-state index in [0.29, 0.717) is 5.92 Å². The van der Waals surface area contributed by atoms with E-state index in [1.54, 1.807) is 12.3 Å². The van der Waals surface area contributed by atoms with Gasteiger partial charge in [0.2, 0.25) is 0 Å². The number of nitrogens with two attached hydrogens (primary N) is 1. The minimum atomic E-state index is -0.208. The minimum Gasteiger partial charge on any atom is -0.405 e. The summed E-state index contributed by atoms with van der Waals surface area (Å²) < 4.78 is 14.3. The number of aryl methyl sites for hydroxylation is 1. The number of nitrogens with zero attached hydrogens (tertiary/aromatic N) is 1. The Morgan fingerprint density at radius 3 is 2.96 bits per heavy atom. The maximum Gasteiger partial charge on any atom is 0.125 e. The van der Waals surface area contributed by atoms with Gasteiger partial charge in [-0.15, -0.1) is 0 Å². The first kappa shape index (κ1) is 16.0. The van der Waals surface area contributed by atoms with Crippen molar-refractivity contribution in [2.24, 2.45) is 11.7 Å². The predicted octanol–water partition coefficient (Wildman–Crippen LogP) is 4.71. The van der Waals surface area contributed by atoms with Crippen molar-refractivity contribution in [2.45, 2.75) is 58.3 Å². The van der Waals surface area contributed by atoms with Gasteiger partial charge in [0.1, 0.15) is 11.6 Å². The molecule has 2 atom stereocenters. The number of nitrogens with one attached hydrogen (secondary N) is 1. The van der Waals surface area contributed by atoms with E-state index in [1.165, 1.54) is 11.6 Å². The number of rotatable bonds is 3. The number of imidazole rings is 1. The van der Waals surface area contributed by atoms with Gasteiger partial charge in [0, 0.05) is 5.41 Å². The van der Waals surface area contributed by atoms with Gasteiger partial charge < -0.3 is 10.7 Å². The van der Waals surface area contributed by atoms with E-state index < -0.39 is 0 Å². The molecule has 0 radical (unpaired) electrons. The Balaban J connectivity index is 2.33. The van der Waals surface area contributed by atoms with Crippen molar-refractivity contribution in [1.82, 2.24) is 9.97 Å². The lowest BCUT2D eigenvalue weighted by atomic mass is 9.58. The third-order valence-corrected chi connectivity index (χ3v) is 5.49. The topological polar surface area (TPSA) is 54.7 Å². The molecule has 3 rings (SSSR count). The number of hydrogen-bond acceptors (Lipinski definition) is 2. The molecule has 23 heavy (non-hydrogen) atoms. The first-order valence-corrected chi connectivity index (χ1v) is 8.60. The summed E-state index contributed by atoms with van der Waals surface area (Å²) in [5.41, 5.74) is 9.72. The van der Waals surface area contributed by atoms with Gasteiger partial charge in [-0.05, 0) is 68.0 Å². The van der Waals surface area contributed by atoms with Crippen LogP contribution in [0.1, 0.15) is 57.3 Å². The molecule has 1 aromatic heterocycles. The molecule has 3 N–H and O–H groups in total. The maximum absolute atomic E-state index is 14.3. The molecule has 1 heterocycles. The molecule has 1 fully saturated rings. The van der Waals surface area contributed by atoms with Crippen LogP contribution in [0.25, 0.3) is 11.0 Å². The molecule has 0 spiro atoms. The van der Waals surface area contributed by atoms with Gasteiger partial charge >= 0.3 is 0 Å². The van der Waals surface area contributed by atoms with Crippen LogP contribution in [0.5, 0.6) is 0 Å². The third-order valence-electron chi connectivity index (χ3n) is 5.49. The van der Waals surface area contributed by atoms with Crippen molar-refractivity contribution < 1.29 is 4.39 Å². The SMILES string of the molecule is CCCC1(c2cc(F)cc3[nH]c(C)nc23)/C(=C/N)CCCC1C. The van der Waals surface area contributed by atoms with Gasteiger partial charge in [0.25, 0.3) is 0 Å². The van der Waals surface area contributed by atoms with E-state index >= 15 is 0 Å². The molecule has 0 amide bonds. The standard InChI is InChI=1S/C19H26FN3/c1-4-8-19(12(2)6-5-7-14(19)11-21)16-9-15(20)10-17-18(16)23-13(3)22-17/h9-12H,4-8,21H2,1-3H3,(H,22,23)/b14-11+. The van der Waals surface area contributed by atoms with Crippen molar-refractivity contribution in [3.05, 3.63) is 41.1 Å². The molecule has 3 nitrogen and oxygen atoms in total. The van der Waals surface area contributed by atoms with Crippen LogP contribution in [-0.2, 0) is 5.41 Å². The maximum atomic E-state index is 14.3. The molecule has 2 unspecified atom stereocenters. The molecule has 0 aliphatic heterocycles. The number of fused-ring (bicyclic) bond motifs is 1. The Kier molecular flexibility index (Phi) is 4.17. The number of allylic oxidation sites excluding steroid dienone is 1. The lowest BCUT2D eigenvalue weighted by Gasteiger charge is -2.45. The minimum absolute atomic E-state index is 0.205. The summed E-state index contributed by atoms with van der Waals surface area (Å²) in [6, 6.07) is 3.22. The number of benzene rings is 1. The number of hydrogen-bond donors (Lipinski definition) is 2. The Bertz CT molecular complexity index is 746. The molecule has 1 saturated carbocycles. The monoisotopic (exact) mass is 315 g/mol. The first-order chi connectivity index (χ1) is 11.0. The second-order valence-corrected chi connectivity index (χ2v) is 6.88. The van der Waals surface area contributed by atoms with E-state index in [-0.39, 0.29) is 11.2 Å². The van der Waals surface area contributed by atoms with Gasteiger partial charge in [-0.2, -0.15) is 0 Å². The van der Waals surface area contributed by atoms with E-state index in [9.17, 15) is 4.39 Å². The fraction of sp³-hybridized carbons (Fsp3) is 0.526. The summed E-state index contributed by atoms with van der Waals surface area (Å²) >= 11 is 0. The van der Waals surface area contributed by atoms with Crippen LogP contribution in [0.15, 0.2) is 23.9 Å². The molecular formula is C19H26FN3. The van der Waals surface area contributed by atoms with Crippen LogP contribution in [0, 0.1) is 18.7 Å². The number of aromatic nitrogens is 2. The van der Waals surface area contributed by atoms with Gasteiger partial charge in [-0.1, -0.05) is 20.3 Å². The molecule has 4 heteroatoms. The lowest BCUT2D eigenvalue weighted by Crippen LogP contribution is -2.39. The van der Waals surface area contributed by atoms with E-state index in [4.69, 9.17) is 5.73 Å². The molecule has 0 saturated heterocycles. The number of H-pyrrole nitrogens is 1. The summed E-state index contributed by atoms with van der Waals surface area (Å²) in [5.74, 6) is 1.04. The summed E-state index contributed by atoms with van der Waals surface area (Å²) in [7, 11) is 0. The van der Waals surface area contributed by atoms with E-state index in [0.717, 1.165) is 54.5 Å². The Morgan fingerprint density at radius 2 is 2.26 bits per heavy atom. The largest absolute Gasteiger partial charge is 0.405 e. The molecule has 0 bridgehead atoms. The van der Waals surface area contributed by atoms with E-state index in [2.05, 4.69) is 23.8 Å². The highest BCUT2D eigenvalue weighted by molar-refractivity contribution is 5.81. The van der Waals surface area contributed by atoms with Crippen LogP contribution in [-0.4, -0.2) is 9.97 Å². The van der Waals surface area contributed by atoms with Crippen molar-refractivity contribution in [1.29, 1.82) is 0 Å². The van der Waals surface area contributed by atoms with Gasteiger partial charge in [-0.3, -0.25) is 0 Å². The average molecular weight is 315 g/mol. The zero-order chi connectivity index (χ0) is 16.6.